The maximum Gasteiger partial charge on any atom is 0.323 e. The first-order chi connectivity index (χ1) is 6.13. The quantitative estimate of drug-likeness (QED) is 0.489. The summed E-state index contributed by atoms with van der Waals surface area (Å²) in [7, 11) is 1.20. The van der Waals surface area contributed by atoms with Crippen LogP contribution in [0.15, 0.2) is 0 Å². The van der Waals surface area contributed by atoms with Crippen LogP contribution in [0.1, 0.15) is 12.8 Å². The number of carboxylic acids is 1. The van der Waals surface area contributed by atoms with Crippen molar-refractivity contribution in [2.45, 2.75) is 12.8 Å². The molecule has 1 fully saturated rings. The van der Waals surface area contributed by atoms with Gasteiger partial charge in [0.2, 0.25) is 0 Å². The number of hydrogen-bond donors (Lipinski definition) is 1. The van der Waals surface area contributed by atoms with E-state index >= 15 is 0 Å². The highest BCUT2D eigenvalue weighted by atomic mass is 16.5. The summed E-state index contributed by atoms with van der Waals surface area (Å²) in [6.45, 7) is 0.586. The van der Waals surface area contributed by atoms with Crippen LogP contribution in [0.5, 0.6) is 0 Å². The van der Waals surface area contributed by atoms with Gasteiger partial charge in [-0.3, -0.25) is 9.59 Å². The fraction of sp³-hybridized carbons (Fsp3) is 0.750. The summed E-state index contributed by atoms with van der Waals surface area (Å²) < 4.78 is 9.48. The molecule has 0 saturated carbocycles. The second kappa shape index (κ2) is 3.74. The first-order valence-electron chi connectivity index (χ1n) is 4.03. The number of methoxy groups -OCH3 is 1. The molecule has 74 valence electrons. The molecule has 0 radical (unpaired) electrons. The van der Waals surface area contributed by atoms with E-state index in [9.17, 15) is 9.59 Å². The second-order valence-corrected chi connectivity index (χ2v) is 2.99. The topological polar surface area (TPSA) is 72.8 Å². The third-order valence-electron chi connectivity index (χ3n) is 2.33. The molecule has 5 heteroatoms. The van der Waals surface area contributed by atoms with Gasteiger partial charge < -0.3 is 14.6 Å². The average Bonchev–Trinajstić information content (AvgIpc) is 2.17. The van der Waals surface area contributed by atoms with Gasteiger partial charge in [-0.05, 0) is 12.8 Å². The molecule has 1 saturated heterocycles. The van der Waals surface area contributed by atoms with Crippen molar-refractivity contribution in [3.8, 4) is 0 Å². The van der Waals surface area contributed by atoms with E-state index in [2.05, 4.69) is 4.74 Å². The highest BCUT2D eigenvalue weighted by molar-refractivity contribution is 5.99. The van der Waals surface area contributed by atoms with E-state index in [1.54, 1.807) is 0 Å². The molecule has 1 N–H and O–H groups in total. The molecule has 1 aliphatic rings. The molecule has 13 heavy (non-hydrogen) atoms. The van der Waals surface area contributed by atoms with Gasteiger partial charge in [-0.25, -0.2) is 0 Å². The van der Waals surface area contributed by atoms with Crippen LogP contribution < -0.4 is 0 Å². The van der Waals surface area contributed by atoms with E-state index in [0.717, 1.165) is 0 Å². The van der Waals surface area contributed by atoms with Crippen molar-refractivity contribution in [2.75, 3.05) is 20.3 Å². The van der Waals surface area contributed by atoms with Crippen LogP contribution in [0.3, 0.4) is 0 Å². The van der Waals surface area contributed by atoms with Crippen LogP contribution in [0, 0.1) is 5.41 Å². The average molecular weight is 188 g/mol. The maximum atomic E-state index is 11.3. The van der Waals surface area contributed by atoms with Gasteiger partial charge in [-0.1, -0.05) is 0 Å². The fourth-order valence-electron chi connectivity index (χ4n) is 1.42. The minimum absolute atomic E-state index is 0.189. The monoisotopic (exact) mass is 188 g/mol. The largest absolute Gasteiger partial charge is 0.480 e. The number of aliphatic carboxylic acids is 1. The van der Waals surface area contributed by atoms with E-state index in [1.807, 2.05) is 0 Å². The molecular formula is C8H12O5. The van der Waals surface area contributed by atoms with Gasteiger partial charge in [-0.2, -0.15) is 0 Å². The lowest BCUT2D eigenvalue weighted by atomic mass is 9.80. The molecule has 0 spiro atoms. The summed E-state index contributed by atoms with van der Waals surface area (Å²) in [6.07, 6.45) is 0.379. The third kappa shape index (κ3) is 1.65. The van der Waals surface area contributed by atoms with Crippen molar-refractivity contribution >= 4 is 11.9 Å². The van der Waals surface area contributed by atoms with Gasteiger partial charge in [0.05, 0.1) is 7.11 Å². The Kier molecular flexibility index (Phi) is 2.87. The van der Waals surface area contributed by atoms with Crippen molar-refractivity contribution in [2.24, 2.45) is 5.41 Å². The Morgan fingerprint density at radius 2 is 1.92 bits per heavy atom. The molecule has 1 heterocycles. The molecule has 0 aromatic heterocycles. The van der Waals surface area contributed by atoms with Crippen LogP contribution in [0.2, 0.25) is 0 Å². The van der Waals surface area contributed by atoms with Gasteiger partial charge in [0.25, 0.3) is 0 Å². The van der Waals surface area contributed by atoms with Gasteiger partial charge in [-0.15, -0.1) is 0 Å². The maximum absolute atomic E-state index is 11.3. The van der Waals surface area contributed by atoms with E-state index < -0.39 is 17.4 Å². The zero-order chi connectivity index (χ0) is 9.90. The molecule has 1 rings (SSSR count). The van der Waals surface area contributed by atoms with Gasteiger partial charge >= 0.3 is 11.9 Å². The molecule has 5 nitrogen and oxygen atoms in total. The number of esters is 1. The lowest BCUT2D eigenvalue weighted by Gasteiger charge is -2.29. The lowest BCUT2D eigenvalue weighted by molar-refractivity contribution is -0.173. The predicted octanol–water partition coefficient (Wildman–Crippen LogP) is 0.0408. The van der Waals surface area contributed by atoms with Crippen LogP contribution in [-0.4, -0.2) is 37.4 Å². The highest BCUT2D eigenvalue weighted by Crippen LogP contribution is 2.32. The molecule has 0 bridgehead atoms. The Hall–Kier alpha value is -1.10. The summed E-state index contributed by atoms with van der Waals surface area (Å²) in [6, 6.07) is 0. The molecular weight excluding hydrogens is 176 g/mol. The second-order valence-electron chi connectivity index (χ2n) is 2.99. The summed E-state index contributed by atoms with van der Waals surface area (Å²) in [5.41, 5.74) is -1.38. The van der Waals surface area contributed by atoms with E-state index in [0.29, 0.717) is 13.2 Å². The fourth-order valence-corrected chi connectivity index (χ4v) is 1.42. The van der Waals surface area contributed by atoms with Gasteiger partial charge in [0.15, 0.2) is 5.41 Å². The van der Waals surface area contributed by atoms with Crippen molar-refractivity contribution in [1.29, 1.82) is 0 Å². The van der Waals surface area contributed by atoms with Crippen LogP contribution in [0.4, 0.5) is 0 Å². The Bertz CT molecular complexity index is 217. The number of hydrogen-bond acceptors (Lipinski definition) is 4. The number of ether oxygens (including phenoxy) is 2. The van der Waals surface area contributed by atoms with Crippen molar-refractivity contribution in [1.82, 2.24) is 0 Å². The number of carboxylic acid groups (broad SMARTS) is 1. The number of carbonyl (C=O) groups excluding carboxylic acids is 1. The molecule has 0 aromatic carbocycles. The van der Waals surface area contributed by atoms with E-state index in [1.165, 1.54) is 7.11 Å². The van der Waals surface area contributed by atoms with Crippen LogP contribution in [0.25, 0.3) is 0 Å². The smallest absolute Gasteiger partial charge is 0.323 e. The minimum Gasteiger partial charge on any atom is -0.480 e. The molecule has 1 aliphatic heterocycles. The zero-order valence-electron chi connectivity index (χ0n) is 7.41. The lowest BCUT2D eigenvalue weighted by Crippen LogP contribution is -2.44. The Balaban J connectivity index is 2.85. The minimum atomic E-state index is -1.38. The Morgan fingerprint density at radius 3 is 2.31 bits per heavy atom. The first-order valence-corrected chi connectivity index (χ1v) is 4.03. The van der Waals surface area contributed by atoms with Crippen molar-refractivity contribution < 1.29 is 24.2 Å². The molecule has 0 unspecified atom stereocenters. The van der Waals surface area contributed by atoms with Crippen LogP contribution in [-0.2, 0) is 19.1 Å². The normalized spacial score (nSPS) is 20.7. The molecule has 0 aromatic rings. The molecule has 0 amide bonds. The van der Waals surface area contributed by atoms with Crippen molar-refractivity contribution in [3.05, 3.63) is 0 Å². The summed E-state index contributed by atoms with van der Waals surface area (Å²) in [5.74, 6) is -1.80. The van der Waals surface area contributed by atoms with Crippen LogP contribution >= 0.6 is 0 Å². The molecule has 0 aliphatic carbocycles. The Morgan fingerprint density at radius 1 is 1.38 bits per heavy atom. The van der Waals surface area contributed by atoms with E-state index in [-0.39, 0.29) is 12.8 Å². The van der Waals surface area contributed by atoms with E-state index in [4.69, 9.17) is 9.84 Å². The molecule has 0 atom stereocenters. The third-order valence-corrected chi connectivity index (χ3v) is 2.33. The first kappa shape index (κ1) is 9.98. The SMILES string of the molecule is COC(=O)C1(C(=O)O)CCOCC1. The predicted molar refractivity (Wildman–Crippen MR) is 42.1 cm³/mol. The zero-order valence-corrected chi connectivity index (χ0v) is 7.41. The van der Waals surface area contributed by atoms with Gasteiger partial charge in [0, 0.05) is 13.2 Å². The summed E-state index contributed by atoms with van der Waals surface area (Å²) in [5, 5.41) is 8.93. The highest BCUT2D eigenvalue weighted by Gasteiger charge is 2.48. The summed E-state index contributed by atoms with van der Waals surface area (Å²) >= 11 is 0. The number of carbonyl (C=O) groups is 2. The summed E-state index contributed by atoms with van der Waals surface area (Å²) in [4.78, 5) is 22.2. The van der Waals surface area contributed by atoms with Gasteiger partial charge in [0.1, 0.15) is 0 Å². The number of rotatable bonds is 2. The standard InChI is InChI=1S/C8H12O5/c1-12-7(11)8(6(9)10)2-4-13-5-3-8/h2-5H2,1H3,(H,9,10). The van der Waals surface area contributed by atoms with Crippen molar-refractivity contribution in [3.63, 3.8) is 0 Å². The Labute approximate surface area is 75.6 Å².